The summed E-state index contributed by atoms with van der Waals surface area (Å²) < 4.78 is 20.8. The number of benzene rings is 1. The first kappa shape index (κ1) is 20.2. The van der Waals surface area contributed by atoms with Crippen LogP contribution in [0.1, 0.15) is 29.8 Å². The van der Waals surface area contributed by atoms with Gasteiger partial charge in [-0.2, -0.15) is 0 Å². The number of nitrogens with zero attached hydrogens (tertiary/aromatic N) is 3. The Hall–Kier alpha value is -3.10. The van der Waals surface area contributed by atoms with E-state index in [1.807, 2.05) is 0 Å². The number of carbonyl (C=O) groups excluding carboxylic acids is 3. The molecule has 1 heterocycles. The van der Waals surface area contributed by atoms with E-state index in [0.717, 1.165) is 19.4 Å². The number of rotatable bonds is 6. The van der Waals surface area contributed by atoms with Crippen LogP contribution >= 0.6 is 0 Å². The molecule has 4 atom stereocenters. The zero-order valence-electron chi connectivity index (χ0n) is 15.0. The van der Waals surface area contributed by atoms with Crippen LogP contribution in [-0.2, 0) is 28.5 Å². The van der Waals surface area contributed by atoms with E-state index in [0.29, 0.717) is 5.56 Å². The quantitative estimate of drug-likeness (QED) is 0.243. The first-order valence-electron chi connectivity index (χ1n) is 8.10. The van der Waals surface area contributed by atoms with E-state index in [2.05, 4.69) is 10.0 Å². The summed E-state index contributed by atoms with van der Waals surface area (Å²) in [7, 11) is 0. The Bertz CT molecular complexity index is 776. The van der Waals surface area contributed by atoms with E-state index in [4.69, 9.17) is 24.5 Å². The highest BCUT2D eigenvalue weighted by Crippen LogP contribution is 2.28. The first-order valence-corrected chi connectivity index (χ1v) is 8.10. The zero-order chi connectivity index (χ0) is 20.0. The largest absolute Gasteiger partial charge is 0.459 e. The number of ether oxygens (including phenoxy) is 4. The standard InChI is InChI=1S/C17H19N3O7/c1-9-6-4-5-7-12(9)16(23)24-8-13-14(19-20-18)15(25-10(2)21)17(27-13)26-11(3)22/h4-7,13-15,17H,8H2,1-3H3. The van der Waals surface area contributed by atoms with Crippen LogP contribution in [0.15, 0.2) is 29.4 Å². The topological polar surface area (TPSA) is 137 Å². The van der Waals surface area contributed by atoms with Crippen LogP contribution in [-0.4, -0.2) is 49.1 Å². The molecule has 27 heavy (non-hydrogen) atoms. The maximum Gasteiger partial charge on any atom is 0.338 e. The number of carbonyl (C=O) groups is 3. The Morgan fingerprint density at radius 3 is 2.44 bits per heavy atom. The summed E-state index contributed by atoms with van der Waals surface area (Å²) in [6, 6.07) is 5.83. The minimum absolute atomic E-state index is 0.285. The van der Waals surface area contributed by atoms with Crippen LogP contribution in [0.4, 0.5) is 0 Å². The zero-order valence-corrected chi connectivity index (χ0v) is 15.0. The first-order chi connectivity index (χ1) is 12.8. The van der Waals surface area contributed by atoms with Gasteiger partial charge in [-0.25, -0.2) is 4.79 Å². The van der Waals surface area contributed by atoms with E-state index in [1.54, 1.807) is 31.2 Å². The van der Waals surface area contributed by atoms with Gasteiger partial charge in [-0.1, -0.05) is 23.3 Å². The number of aryl methyl sites for hydroxylation is 1. The number of hydrogen-bond donors (Lipinski definition) is 0. The molecule has 2 rings (SSSR count). The van der Waals surface area contributed by atoms with Gasteiger partial charge in [0.15, 0.2) is 6.10 Å². The van der Waals surface area contributed by atoms with Crippen molar-refractivity contribution >= 4 is 17.9 Å². The second-order valence-corrected chi connectivity index (χ2v) is 5.84. The van der Waals surface area contributed by atoms with Crippen molar-refractivity contribution in [2.45, 2.75) is 45.3 Å². The third-order valence-corrected chi connectivity index (χ3v) is 3.81. The van der Waals surface area contributed by atoms with Crippen LogP contribution in [0.3, 0.4) is 0 Å². The normalized spacial score (nSPS) is 23.8. The second-order valence-electron chi connectivity index (χ2n) is 5.84. The fraction of sp³-hybridized carbons (Fsp3) is 0.471. The van der Waals surface area contributed by atoms with Crippen LogP contribution in [0.2, 0.25) is 0 Å². The van der Waals surface area contributed by atoms with E-state index >= 15 is 0 Å². The Kier molecular flexibility index (Phi) is 6.75. The molecule has 0 bridgehead atoms. The molecule has 1 saturated heterocycles. The molecule has 0 N–H and O–H groups in total. The SMILES string of the molecule is CC(=O)OC1OC(COC(=O)c2ccccc2C)C(N=[N+]=[N-])C1OC(C)=O. The highest BCUT2D eigenvalue weighted by molar-refractivity contribution is 5.90. The molecule has 1 fully saturated rings. The highest BCUT2D eigenvalue weighted by atomic mass is 16.7. The van der Waals surface area contributed by atoms with Crippen molar-refractivity contribution in [3.05, 3.63) is 45.8 Å². The molecule has 0 spiro atoms. The molecule has 10 nitrogen and oxygen atoms in total. The molecule has 1 aromatic rings. The van der Waals surface area contributed by atoms with Crippen molar-refractivity contribution in [3.8, 4) is 0 Å². The van der Waals surface area contributed by atoms with Gasteiger partial charge in [0.2, 0.25) is 6.29 Å². The van der Waals surface area contributed by atoms with E-state index in [-0.39, 0.29) is 6.61 Å². The molecule has 4 unspecified atom stereocenters. The molecular weight excluding hydrogens is 358 g/mol. The third kappa shape index (κ3) is 5.19. The lowest BCUT2D eigenvalue weighted by Gasteiger charge is -2.19. The van der Waals surface area contributed by atoms with Crippen LogP contribution < -0.4 is 0 Å². The molecule has 1 aliphatic rings. The van der Waals surface area contributed by atoms with E-state index in [1.165, 1.54) is 0 Å². The molecule has 0 aliphatic carbocycles. The molecule has 1 aliphatic heterocycles. The highest BCUT2D eigenvalue weighted by Gasteiger charge is 2.49. The summed E-state index contributed by atoms with van der Waals surface area (Å²) in [5.41, 5.74) is 9.92. The second kappa shape index (κ2) is 9.02. The molecule has 0 aromatic heterocycles. The smallest absolute Gasteiger partial charge is 0.338 e. The summed E-state index contributed by atoms with van der Waals surface area (Å²) in [4.78, 5) is 37.6. The lowest BCUT2D eigenvalue weighted by atomic mass is 10.1. The molecule has 0 saturated carbocycles. The fourth-order valence-electron chi connectivity index (χ4n) is 2.65. The lowest BCUT2D eigenvalue weighted by Crippen LogP contribution is -2.38. The third-order valence-electron chi connectivity index (χ3n) is 3.81. The molecular formula is C17H19N3O7. The van der Waals surface area contributed by atoms with Gasteiger partial charge < -0.3 is 18.9 Å². The number of esters is 3. The lowest BCUT2D eigenvalue weighted by molar-refractivity contribution is -0.195. The van der Waals surface area contributed by atoms with Gasteiger partial charge in [-0.05, 0) is 24.1 Å². The maximum absolute atomic E-state index is 12.3. The minimum atomic E-state index is -1.27. The average molecular weight is 377 g/mol. The van der Waals surface area contributed by atoms with Crippen molar-refractivity contribution in [1.82, 2.24) is 0 Å². The van der Waals surface area contributed by atoms with Crippen LogP contribution in [0, 0.1) is 6.92 Å². The van der Waals surface area contributed by atoms with Crippen molar-refractivity contribution in [2.24, 2.45) is 5.11 Å². The summed E-state index contributed by atoms with van der Waals surface area (Å²) >= 11 is 0. The van der Waals surface area contributed by atoms with Gasteiger partial charge in [0.1, 0.15) is 18.8 Å². The number of hydrogen-bond acceptors (Lipinski definition) is 8. The van der Waals surface area contributed by atoms with E-state index < -0.39 is 42.4 Å². The summed E-state index contributed by atoms with van der Waals surface area (Å²) in [5.74, 6) is -1.93. The maximum atomic E-state index is 12.3. The summed E-state index contributed by atoms with van der Waals surface area (Å²) in [6.45, 7) is 3.79. The van der Waals surface area contributed by atoms with Crippen LogP contribution in [0.25, 0.3) is 10.4 Å². The predicted octanol–water partition coefficient (Wildman–Crippen LogP) is 2.05. The summed E-state index contributed by atoms with van der Waals surface area (Å²) in [6.07, 6.45) is -3.38. The van der Waals surface area contributed by atoms with Gasteiger partial charge in [0.05, 0.1) is 5.56 Å². The van der Waals surface area contributed by atoms with Gasteiger partial charge in [-0.3, -0.25) is 9.59 Å². The van der Waals surface area contributed by atoms with Crippen LogP contribution in [0.5, 0.6) is 0 Å². The monoisotopic (exact) mass is 377 g/mol. The molecule has 10 heteroatoms. The van der Waals surface area contributed by atoms with Crippen molar-refractivity contribution in [1.29, 1.82) is 0 Å². The molecule has 0 amide bonds. The van der Waals surface area contributed by atoms with Gasteiger partial charge in [-0.15, -0.1) is 0 Å². The van der Waals surface area contributed by atoms with Crippen molar-refractivity contribution in [3.63, 3.8) is 0 Å². The Morgan fingerprint density at radius 2 is 1.85 bits per heavy atom. The Labute approximate surface area is 155 Å². The summed E-state index contributed by atoms with van der Waals surface area (Å²) in [5, 5.41) is 3.56. The molecule has 1 aromatic carbocycles. The van der Waals surface area contributed by atoms with Gasteiger partial charge in [0.25, 0.3) is 0 Å². The minimum Gasteiger partial charge on any atom is -0.459 e. The average Bonchev–Trinajstić information content (AvgIpc) is 2.89. The molecule has 0 radical (unpaired) electrons. The van der Waals surface area contributed by atoms with Gasteiger partial charge >= 0.3 is 17.9 Å². The number of azide groups is 1. The predicted molar refractivity (Wildman–Crippen MR) is 90.4 cm³/mol. The molecule has 144 valence electrons. The van der Waals surface area contributed by atoms with E-state index in [9.17, 15) is 14.4 Å². The van der Waals surface area contributed by atoms with Gasteiger partial charge in [0, 0.05) is 18.8 Å². The Balaban J connectivity index is 2.14. The fourth-order valence-corrected chi connectivity index (χ4v) is 2.65. The van der Waals surface area contributed by atoms with Crippen molar-refractivity contribution < 1.29 is 33.3 Å². The Morgan fingerprint density at radius 1 is 1.19 bits per heavy atom. The van der Waals surface area contributed by atoms with Crippen molar-refractivity contribution in [2.75, 3.05) is 6.61 Å².